The van der Waals surface area contributed by atoms with Crippen LogP contribution in [0.3, 0.4) is 0 Å². The molecule has 1 aliphatic rings. The first-order chi connectivity index (χ1) is 10.0. The summed E-state index contributed by atoms with van der Waals surface area (Å²) in [5.41, 5.74) is 2.74. The number of amides is 1. The van der Waals surface area contributed by atoms with Gasteiger partial charge in [0, 0.05) is 27.6 Å². The summed E-state index contributed by atoms with van der Waals surface area (Å²) in [6.45, 7) is 1.89. The maximum absolute atomic E-state index is 12.2. The lowest BCUT2D eigenvalue weighted by molar-refractivity contribution is 0.0950. The van der Waals surface area contributed by atoms with E-state index >= 15 is 0 Å². The summed E-state index contributed by atoms with van der Waals surface area (Å²) in [4.78, 5) is 12.2. The second kappa shape index (κ2) is 5.70. The number of hydrogen-bond acceptors (Lipinski definition) is 1. The van der Waals surface area contributed by atoms with Gasteiger partial charge in [0.05, 0.1) is 0 Å². The first-order valence-corrected chi connectivity index (χ1v) is 7.62. The fourth-order valence-corrected chi connectivity index (χ4v) is 2.81. The number of carbonyl (C=O) groups is 1. The monoisotopic (exact) mass is 319 g/mol. The Kier molecular flexibility index (Phi) is 3.92. The van der Waals surface area contributed by atoms with Gasteiger partial charge in [-0.1, -0.05) is 35.3 Å². The molecule has 1 amide bonds. The van der Waals surface area contributed by atoms with Gasteiger partial charge in [-0.25, -0.2) is 0 Å². The third-order valence-electron chi connectivity index (χ3n) is 3.80. The van der Waals surface area contributed by atoms with Crippen molar-refractivity contribution in [3.8, 4) is 0 Å². The van der Waals surface area contributed by atoms with Gasteiger partial charge in [-0.3, -0.25) is 4.79 Å². The van der Waals surface area contributed by atoms with Crippen LogP contribution in [0, 0.1) is 6.92 Å². The second-order valence-corrected chi connectivity index (χ2v) is 6.28. The fraction of sp³-hybridized carbons (Fsp3) is 0.235. The number of halogens is 2. The Labute approximate surface area is 134 Å². The maximum atomic E-state index is 12.2. The van der Waals surface area contributed by atoms with Gasteiger partial charge in [-0.15, -0.1) is 0 Å². The van der Waals surface area contributed by atoms with Crippen molar-refractivity contribution in [1.82, 2.24) is 5.32 Å². The highest BCUT2D eigenvalue weighted by atomic mass is 35.5. The smallest absolute Gasteiger partial charge is 0.251 e. The zero-order valence-corrected chi connectivity index (χ0v) is 13.1. The Balaban J connectivity index is 1.66. The number of rotatable bonds is 3. The predicted molar refractivity (Wildman–Crippen MR) is 86.3 cm³/mol. The fourth-order valence-electron chi connectivity index (χ4n) is 2.50. The van der Waals surface area contributed by atoms with Gasteiger partial charge >= 0.3 is 0 Å². The number of carbonyl (C=O) groups excluding carboxylic acids is 1. The van der Waals surface area contributed by atoms with Crippen LogP contribution in [-0.2, 0) is 0 Å². The molecule has 2 nitrogen and oxygen atoms in total. The van der Waals surface area contributed by atoms with Crippen molar-refractivity contribution in [2.75, 3.05) is 0 Å². The van der Waals surface area contributed by atoms with Crippen LogP contribution in [0.5, 0.6) is 0 Å². The highest BCUT2D eigenvalue weighted by Gasteiger charge is 2.39. The lowest BCUT2D eigenvalue weighted by Crippen LogP contribution is -2.26. The molecule has 0 unspecified atom stereocenters. The van der Waals surface area contributed by atoms with Crippen molar-refractivity contribution in [2.24, 2.45) is 0 Å². The Hall–Kier alpha value is -1.51. The van der Waals surface area contributed by atoms with E-state index in [1.165, 1.54) is 5.56 Å². The maximum Gasteiger partial charge on any atom is 0.251 e. The van der Waals surface area contributed by atoms with Gasteiger partial charge in [-0.05, 0) is 54.8 Å². The van der Waals surface area contributed by atoms with Crippen LogP contribution >= 0.6 is 23.2 Å². The molecule has 108 valence electrons. The van der Waals surface area contributed by atoms with Crippen molar-refractivity contribution in [3.05, 3.63) is 69.2 Å². The summed E-state index contributed by atoms with van der Waals surface area (Å²) in [7, 11) is 0. The minimum Gasteiger partial charge on any atom is -0.349 e. The quantitative estimate of drug-likeness (QED) is 0.880. The molecule has 21 heavy (non-hydrogen) atoms. The predicted octanol–water partition coefficient (Wildman–Crippen LogP) is 4.59. The van der Waals surface area contributed by atoms with Crippen LogP contribution in [0.1, 0.15) is 33.8 Å². The molecule has 3 rings (SSSR count). The average Bonchev–Trinajstić information content (AvgIpc) is 3.21. The largest absolute Gasteiger partial charge is 0.349 e. The molecule has 1 saturated carbocycles. The molecule has 1 fully saturated rings. The molecule has 0 spiro atoms. The standard InChI is InChI=1S/C17H15Cl2NO/c1-10-7-12(5-6-15(10)19)17(21)20-16-9-14(16)11-3-2-4-13(18)8-11/h2-8,14,16H,9H2,1H3,(H,20,21)/t14-,16+/m0/s1. The van der Waals surface area contributed by atoms with Crippen LogP contribution < -0.4 is 5.32 Å². The van der Waals surface area contributed by atoms with Gasteiger partial charge in [-0.2, -0.15) is 0 Å². The highest BCUT2D eigenvalue weighted by Crippen LogP contribution is 2.41. The lowest BCUT2D eigenvalue weighted by atomic mass is 10.1. The summed E-state index contributed by atoms with van der Waals surface area (Å²) in [5.74, 6) is 0.311. The molecular weight excluding hydrogens is 305 g/mol. The zero-order valence-electron chi connectivity index (χ0n) is 11.6. The Morgan fingerprint density at radius 1 is 1.19 bits per heavy atom. The van der Waals surface area contributed by atoms with E-state index in [0.29, 0.717) is 16.5 Å². The molecule has 0 aromatic heterocycles. The molecule has 2 aromatic rings. The van der Waals surface area contributed by atoms with Crippen LogP contribution in [0.4, 0.5) is 0 Å². The van der Waals surface area contributed by atoms with Gasteiger partial charge in [0.1, 0.15) is 0 Å². The summed E-state index contributed by atoms with van der Waals surface area (Å²) >= 11 is 12.0. The molecule has 1 aliphatic carbocycles. The lowest BCUT2D eigenvalue weighted by Gasteiger charge is -2.07. The molecule has 0 bridgehead atoms. The minimum atomic E-state index is -0.0516. The van der Waals surface area contributed by atoms with Gasteiger partial charge in [0.2, 0.25) is 0 Å². The van der Waals surface area contributed by atoms with E-state index in [1.54, 1.807) is 12.1 Å². The van der Waals surface area contributed by atoms with E-state index in [9.17, 15) is 4.79 Å². The van der Waals surface area contributed by atoms with Gasteiger partial charge < -0.3 is 5.32 Å². The van der Waals surface area contributed by atoms with Crippen LogP contribution in [0.2, 0.25) is 10.0 Å². The zero-order chi connectivity index (χ0) is 15.0. The van der Waals surface area contributed by atoms with Crippen molar-refractivity contribution in [1.29, 1.82) is 0 Å². The van der Waals surface area contributed by atoms with Crippen molar-refractivity contribution >= 4 is 29.1 Å². The van der Waals surface area contributed by atoms with E-state index in [0.717, 1.165) is 17.0 Å². The van der Waals surface area contributed by atoms with Gasteiger partial charge in [0.15, 0.2) is 0 Å². The summed E-state index contributed by atoms with van der Waals surface area (Å²) < 4.78 is 0. The molecule has 2 aromatic carbocycles. The van der Waals surface area contributed by atoms with E-state index in [4.69, 9.17) is 23.2 Å². The first kappa shape index (κ1) is 14.4. The van der Waals surface area contributed by atoms with Crippen LogP contribution in [-0.4, -0.2) is 11.9 Å². The number of nitrogens with one attached hydrogen (secondary N) is 1. The normalized spacial score (nSPS) is 20.1. The number of hydrogen-bond donors (Lipinski definition) is 1. The van der Waals surface area contributed by atoms with E-state index in [-0.39, 0.29) is 11.9 Å². The second-order valence-electron chi connectivity index (χ2n) is 5.44. The number of aryl methyl sites for hydroxylation is 1. The average molecular weight is 320 g/mol. The van der Waals surface area contributed by atoms with Crippen molar-refractivity contribution in [3.63, 3.8) is 0 Å². The van der Waals surface area contributed by atoms with Crippen LogP contribution in [0.15, 0.2) is 42.5 Å². The molecule has 4 heteroatoms. The van der Waals surface area contributed by atoms with Crippen molar-refractivity contribution in [2.45, 2.75) is 25.3 Å². The SMILES string of the molecule is Cc1cc(C(=O)N[C@@H]2C[C@H]2c2cccc(Cl)c2)ccc1Cl. The third kappa shape index (κ3) is 3.22. The summed E-state index contributed by atoms with van der Waals surface area (Å²) in [6, 6.07) is 13.3. The molecular formula is C17H15Cl2NO. The first-order valence-electron chi connectivity index (χ1n) is 6.87. The summed E-state index contributed by atoms with van der Waals surface area (Å²) in [5, 5.41) is 4.47. The van der Waals surface area contributed by atoms with E-state index < -0.39 is 0 Å². The van der Waals surface area contributed by atoms with E-state index in [2.05, 4.69) is 11.4 Å². The topological polar surface area (TPSA) is 29.1 Å². The molecule has 0 radical (unpaired) electrons. The Morgan fingerprint density at radius 3 is 2.71 bits per heavy atom. The minimum absolute atomic E-state index is 0.0516. The van der Waals surface area contributed by atoms with Gasteiger partial charge in [0.25, 0.3) is 5.91 Å². The Bertz CT molecular complexity index is 699. The molecule has 2 atom stereocenters. The van der Waals surface area contributed by atoms with Crippen molar-refractivity contribution < 1.29 is 4.79 Å². The molecule has 1 N–H and O–H groups in total. The molecule has 0 saturated heterocycles. The van der Waals surface area contributed by atoms with Crippen LogP contribution in [0.25, 0.3) is 0 Å². The van der Waals surface area contributed by atoms with E-state index in [1.807, 2.05) is 31.2 Å². The Morgan fingerprint density at radius 2 is 2.00 bits per heavy atom. The highest BCUT2D eigenvalue weighted by molar-refractivity contribution is 6.31. The molecule has 0 aliphatic heterocycles. The molecule has 0 heterocycles. The third-order valence-corrected chi connectivity index (χ3v) is 4.46. The summed E-state index contributed by atoms with van der Waals surface area (Å²) in [6.07, 6.45) is 0.957. The number of benzene rings is 2.